The average molecular weight is 434 g/mol. The number of thiazole rings is 1. The molecule has 0 aliphatic heterocycles. The van der Waals surface area contributed by atoms with Crippen LogP contribution in [-0.4, -0.2) is 31.7 Å². The molecule has 7 nitrogen and oxygen atoms in total. The Hall–Kier alpha value is -2.97. The summed E-state index contributed by atoms with van der Waals surface area (Å²) >= 11 is 7.29. The van der Waals surface area contributed by atoms with Crippen LogP contribution >= 0.6 is 22.9 Å². The number of hydrogen-bond donors (Lipinski definition) is 2. The van der Waals surface area contributed by atoms with Gasteiger partial charge in [0.1, 0.15) is 0 Å². The number of carbonyl (C=O) groups is 1. The van der Waals surface area contributed by atoms with E-state index in [1.165, 1.54) is 25.6 Å². The van der Waals surface area contributed by atoms with E-state index in [4.69, 9.17) is 25.8 Å². The number of ether oxygens (including phenoxy) is 3. The minimum absolute atomic E-state index is 0.351. The Morgan fingerprint density at radius 1 is 1.14 bits per heavy atom. The average Bonchev–Trinajstić information content (AvgIpc) is 3.21. The van der Waals surface area contributed by atoms with Crippen LogP contribution in [0.1, 0.15) is 17.3 Å². The molecule has 1 aromatic heterocycles. The standard InChI is InChI=1S/C20H20ClN3O4S/c1-4-28-18-16(26-2)9-13(10-17(18)27-3)19(25)23-24-20-22-15(11-29-20)12-5-7-14(21)8-6-12/h5-11H,4H2,1-3H3,(H,22,24)(H,23,25). The molecule has 1 amide bonds. The molecule has 2 aromatic carbocycles. The van der Waals surface area contributed by atoms with Gasteiger partial charge in [-0.2, -0.15) is 0 Å². The lowest BCUT2D eigenvalue weighted by molar-refractivity contribution is 0.0962. The number of halogens is 1. The molecule has 0 atom stereocenters. The van der Waals surface area contributed by atoms with Gasteiger partial charge in [-0.05, 0) is 31.2 Å². The summed E-state index contributed by atoms with van der Waals surface area (Å²) in [6.07, 6.45) is 0. The molecule has 0 unspecified atom stereocenters. The molecule has 1 heterocycles. The summed E-state index contributed by atoms with van der Waals surface area (Å²) < 4.78 is 16.2. The Bertz CT molecular complexity index is 967. The number of amides is 1. The first-order valence-electron chi connectivity index (χ1n) is 8.72. The highest BCUT2D eigenvalue weighted by Crippen LogP contribution is 2.38. The largest absolute Gasteiger partial charge is 0.493 e. The van der Waals surface area contributed by atoms with Gasteiger partial charge in [0, 0.05) is 21.5 Å². The Balaban J connectivity index is 1.72. The van der Waals surface area contributed by atoms with Crippen molar-refractivity contribution in [3.63, 3.8) is 0 Å². The van der Waals surface area contributed by atoms with E-state index in [0.717, 1.165) is 11.3 Å². The smallest absolute Gasteiger partial charge is 0.269 e. The fraction of sp³-hybridized carbons (Fsp3) is 0.200. The van der Waals surface area contributed by atoms with Crippen LogP contribution in [0, 0.1) is 0 Å². The fourth-order valence-corrected chi connectivity index (χ4v) is 3.36. The molecule has 0 saturated carbocycles. The number of aromatic nitrogens is 1. The summed E-state index contributed by atoms with van der Waals surface area (Å²) in [4.78, 5) is 17.0. The number of hydrazine groups is 1. The first-order valence-corrected chi connectivity index (χ1v) is 9.98. The van der Waals surface area contributed by atoms with Crippen molar-refractivity contribution in [1.82, 2.24) is 10.4 Å². The van der Waals surface area contributed by atoms with Crippen LogP contribution in [0.15, 0.2) is 41.8 Å². The normalized spacial score (nSPS) is 10.3. The molecule has 0 bridgehead atoms. The molecule has 0 fully saturated rings. The first kappa shape index (κ1) is 20.8. The van der Waals surface area contributed by atoms with E-state index in [9.17, 15) is 4.79 Å². The predicted molar refractivity (Wildman–Crippen MR) is 114 cm³/mol. The van der Waals surface area contributed by atoms with E-state index in [1.54, 1.807) is 24.3 Å². The molecule has 3 rings (SSSR count). The topological polar surface area (TPSA) is 81.7 Å². The van der Waals surface area contributed by atoms with Crippen LogP contribution in [0.3, 0.4) is 0 Å². The third-order valence-corrected chi connectivity index (χ3v) is 4.95. The lowest BCUT2D eigenvalue weighted by Crippen LogP contribution is -2.29. The lowest BCUT2D eigenvalue weighted by Gasteiger charge is -2.15. The van der Waals surface area contributed by atoms with Gasteiger partial charge in [0.2, 0.25) is 10.9 Å². The molecule has 2 N–H and O–H groups in total. The second-order valence-corrected chi connectivity index (χ2v) is 7.06. The molecular weight excluding hydrogens is 414 g/mol. The second-order valence-electron chi connectivity index (χ2n) is 5.77. The maximum Gasteiger partial charge on any atom is 0.269 e. The van der Waals surface area contributed by atoms with Crippen molar-refractivity contribution in [3.8, 4) is 28.5 Å². The third kappa shape index (κ3) is 4.90. The van der Waals surface area contributed by atoms with Gasteiger partial charge < -0.3 is 14.2 Å². The van der Waals surface area contributed by atoms with E-state index in [0.29, 0.717) is 39.6 Å². The van der Waals surface area contributed by atoms with Gasteiger partial charge in [0.05, 0.1) is 26.5 Å². The van der Waals surface area contributed by atoms with Crippen molar-refractivity contribution in [2.45, 2.75) is 6.92 Å². The van der Waals surface area contributed by atoms with Gasteiger partial charge >= 0.3 is 0 Å². The fourth-order valence-electron chi connectivity index (χ4n) is 2.56. The Labute approximate surface area is 177 Å². The molecule has 0 aliphatic carbocycles. The van der Waals surface area contributed by atoms with Crippen LogP contribution in [-0.2, 0) is 0 Å². The van der Waals surface area contributed by atoms with Crippen molar-refractivity contribution in [3.05, 3.63) is 52.4 Å². The number of carbonyl (C=O) groups excluding carboxylic acids is 1. The third-order valence-electron chi connectivity index (χ3n) is 3.94. The van der Waals surface area contributed by atoms with Crippen molar-refractivity contribution in [2.75, 3.05) is 26.3 Å². The van der Waals surface area contributed by atoms with Crippen LogP contribution < -0.4 is 25.1 Å². The van der Waals surface area contributed by atoms with Gasteiger partial charge in [-0.15, -0.1) is 11.3 Å². The van der Waals surface area contributed by atoms with E-state index >= 15 is 0 Å². The summed E-state index contributed by atoms with van der Waals surface area (Å²) in [5.74, 6) is 0.911. The van der Waals surface area contributed by atoms with Gasteiger partial charge in [0.25, 0.3) is 5.91 Å². The van der Waals surface area contributed by atoms with E-state index in [-0.39, 0.29) is 5.91 Å². The minimum atomic E-state index is -0.368. The Morgan fingerprint density at radius 2 is 1.79 bits per heavy atom. The molecule has 9 heteroatoms. The van der Waals surface area contributed by atoms with Crippen molar-refractivity contribution >= 4 is 34.0 Å². The predicted octanol–water partition coefficient (Wildman–Crippen LogP) is 4.64. The first-order chi connectivity index (χ1) is 14.0. The van der Waals surface area contributed by atoms with Gasteiger partial charge in [-0.1, -0.05) is 23.7 Å². The molecular formula is C20H20ClN3O4S. The molecule has 3 aromatic rings. The lowest BCUT2D eigenvalue weighted by atomic mass is 10.1. The number of anilines is 1. The van der Waals surface area contributed by atoms with Crippen LogP contribution in [0.25, 0.3) is 11.3 Å². The van der Waals surface area contributed by atoms with E-state index in [2.05, 4.69) is 15.8 Å². The highest BCUT2D eigenvalue weighted by atomic mass is 35.5. The van der Waals surface area contributed by atoms with Crippen molar-refractivity contribution in [2.24, 2.45) is 0 Å². The summed E-state index contributed by atoms with van der Waals surface area (Å²) in [6.45, 7) is 2.30. The molecule has 0 aliphatic rings. The summed E-state index contributed by atoms with van der Waals surface area (Å²) in [5, 5.41) is 3.10. The van der Waals surface area contributed by atoms with Crippen molar-refractivity contribution < 1.29 is 19.0 Å². The van der Waals surface area contributed by atoms with Crippen LogP contribution in [0.5, 0.6) is 17.2 Å². The summed E-state index contributed by atoms with van der Waals surface area (Å²) in [7, 11) is 3.01. The van der Waals surface area contributed by atoms with Crippen LogP contribution in [0.2, 0.25) is 5.02 Å². The van der Waals surface area contributed by atoms with Gasteiger partial charge in [-0.25, -0.2) is 4.98 Å². The number of benzene rings is 2. The molecule has 0 spiro atoms. The summed E-state index contributed by atoms with van der Waals surface area (Å²) in [5.41, 5.74) is 7.53. The van der Waals surface area contributed by atoms with Crippen LogP contribution in [0.4, 0.5) is 5.13 Å². The zero-order chi connectivity index (χ0) is 20.8. The van der Waals surface area contributed by atoms with Gasteiger partial charge in [-0.3, -0.25) is 15.6 Å². The Morgan fingerprint density at radius 3 is 2.38 bits per heavy atom. The molecule has 29 heavy (non-hydrogen) atoms. The van der Waals surface area contributed by atoms with Crippen molar-refractivity contribution in [1.29, 1.82) is 0 Å². The number of methoxy groups -OCH3 is 2. The highest BCUT2D eigenvalue weighted by Gasteiger charge is 2.17. The molecule has 0 radical (unpaired) electrons. The zero-order valence-electron chi connectivity index (χ0n) is 16.1. The maximum atomic E-state index is 12.6. The van der Waals surface area contributed by atoms with E-state index < -0.39 is 0 Å². The second kappa shape index (κ2) is 9.49. The highest BCUT2D eigenvalue weighted by molar-refractivity contribution is 7.14. The van der Waals surface area contributed by atoms with Gasteiger partial charge in [0.15, 0.2) is 11.5 Å². The molecule has 152 valence electrons. The number of nitrogens with zero attached hydrogens (tertiary/aromatic N) is 1. The number of rotatable bonds is 8. The maximum absolute atomic E-state index is 12.6. The monoisotopic (exact) mass is 433 g/mol. The number of hydrogen-bond acceptors (Lipinski definition) is 7. The number of nitrogens with one attached hydrogen (secondary N) is 2. The summed E-state index contributed by atoms with van der Waals surface area (Å²) in [6, 6.07) is 10.6. The Kier molecular flexibility index (Phi) is 6.79. The molecule has 0 saturated heterocycles. The quantitative estimate of drug-likeness (QED) is 0.504. The zero-order valence-corrected chi connectivity index (χ0v) is 17.7. The minimum Gasteiger partial charge on any atom is -0.493 e. The van der Waals surface area contributed by atoms with E-state index in [1.807, 2.05) is 24.4 Å². The SMILES string of the molecule is CCOc1c(OC)cc(C(=O)NNc2nc(-c3ccc(Cl)cc3)cs2)cc1OC.